The average molecular weight is 283 g/mol. The molecule has 1 unspecified atom stereocenters. The zero-order valence-electron chi connectivity index (χ0n) is 11.2. The predicted molar refractivity (Wildman–Crippen MR) is 74.2 cm³/mol. The quantitative estimate of drug-likeness (QED) is 0.877. The van der Waals surface area contributed by atoms with Gasteiger partial charge in [0.15, 0.2) is 5.22 Å². The molecule has 104 valence electrons. The van der Waals surface area contributed by atoms with Crippen molar-refractivity contribution in [2.75, 3.05) is 0 Å². The van der Waals surface area contributed by atoms with Crippen LogP contribution in [0.5, 0.6) is 0 Å². The highest BCUT2D eigenvalue weighted by molar-refractivity contribution is 6.28. The summed E-state index contributed by atoms with van der Waals surface area (Å²) >= 11 is 5.69. The van der Waals surface area contributed by atoms with Crippen LogP contribution < -0.4 is 0 Å². The fourth-order valence-corrected chi connectivity index (χ4v) is 2.31. The second kappa shape index (κ2) is 6.26. The second-order valence-electron chi connectivity index (χ2n) is 4.62. The minimum absolute atomic E-state index is 0.289. The number of aliphatic hydroxyl groups is 1. The zero-order valence-corrected chi connectivity index (χ0v) is 12.0. The maximum Gasteiger partial charge on any atom is 0.193 e. The van der Waals surface area contributed by atoms with Crippen molar-refractivity contribution in [2.45, 2.75) is 45.3 Å². The Bertz CT molecular complexity index is 517. The van der Waals surface area contributed by atoms with Gasteiger partial charge in [0, 0.05) is 12.6 Å². The SMILES string of the molecule is CCC(CC)n1ccc(CC(O)c2ccc(Cl)o2)n1. The van der Waals surface area contributed by atoms with Crippen LogP contribution >= 0.6 is 11.6 Å². The maximum atomic E-state index is 10.0. The Labute approximate surface area is 118 Å². The molecule has 0 aliphatic rings. The average Bonchev–Trinajstić information content (AvgIpc) is 3.00. The van der Waals surface area contributed by atoms with E-state index in [-0.39, 0.29) is 5.22 Å². The lowest BCUT2D eigenvalue weighted by Crippen LogP contribution is -2.09. The van der Waals surface area contributed by atoms with E-state index in [4.69, 9.17) is 16.0 Å². The van der Waals surface area contributed by atoms with Gasteiger partial charge in [0.2, 0.25) is 0 Å². The normalized spacial score (nSPS) is 13.1. The summed E-state index contributed by atoms with van der Waals surface area (Å²) in [5.41, 5.74) is 0.854. The van der Waals surface area contributed by atoms with E-state index in [2.05, 4.69) is 18.9 Å². The number of hydrogen-bond donors (Lipinski definition) is 1. The first-order valence-corrected chi connectivity index (χ1v) is 6.99. The lowest BCUT2D eigenvalue weighted by molar-refractivity contribution is 0.149. The molecule has 2 rings (SSSR count). The summed E-state index contributed by atoms with van der Waals surface area (Å²) in [7, 11) is 0. The monoisotopic (exact) mass is 282 g/mol. The number of halogens is 1. The van der Waals surface area contributed by atoms with E-state index in [1.165, 1.54) is 0 Å². The highest BCUT2D eigenvalue weighted by atomic mass is 35.5. The van der Waals surface area contributed by atoms with Gasteiger partial charge in [-0.1, -0.05) is 13.8 Å². The molecule has 2 aromatic rings. The molecule has 1 atom stereocenters. The van der Waals surface area contributed by atoms with Crippen LogP contribution in [0.3, 0.4) is 0 Å². The van der Waals surface area contributed by atoms with Crippen molar-refractivity contribution in [1.29, 1.82) is 0 Å². The molecule has 5 heteroatoms. The van der Waals surface area contributed by atoms with Crippen molar-refractivity contribution < 1.29 is 9.52 Å². The van der Waals surface area contributed by atoms with Crippen LogP contribution in [0.25, 0.3) is 0 Å². The summed E-state index contributed by atoms with van der Waals surface area (Å²) in [4.78, 5) is 0. The number of aliphatic hydroxyl groups excluding tert-OH is 1. The van der Waals surface area contributed by atoms with Gasteiger partial charge in [-0.3, -0.25) is 4.68 Å². The van der Waals surface area contributed by atoms with Crippen molar-refractivity contribution in [3.63, 3.8) is 0 Å². The molecule has 0 aromatic carbocycles. The fraction of sp³-hybridized carbons (Fsp3) is 0.500. The lowest BCUT2D eigenvalue weighted by atomic mass is 10.1. The summed E-state index contributed by atoms with van der Waals surface area (Å²) in [5, 5.41) is 14.8. The largest absolute Gasteiger partial charge is 0.447 e. The highest BCUT2D eigenvalue weighted by Gasteiger charge is 2.15. The topological polar surface area (TPSA) is 51.2 Å². The molecule has 0 bridgehead atoms. The van der Waals surface area contributed by atoms with Gasteiger partial charge in [0.1, 0.15) is 11.9 Å². The number of rotatable bonds is 6. The minimum Gasteiger partial charge on any atom is -0.447 e. The van der Waals surface area contributed by atoms with E-state index >= 15 is 0 Å². The minimum atomic E-state index is -0.711. The molecule has 0 aliphatic carbocycles. The van der Waals surface area contributed by atoms with Crippen LogP contribution in [0.1, 0.15) is 50.3 Å². The Kier molecular flexibility index (Phi) is 4.66. The highest BCUT2D eigenvalue weighted by Crippen LogP contribution is 2.23. The fourth-order valence-electron chi connectivity index (χ4n) is 2.16. The molecule has 0 saturated carbocycles. The van der Waals surface area contributed by atoms with E-state index < -0.39 is 6.10 Å². The van der Waals surface area contributed by atoms with Crippen LogP contribution in [-0.2, 0) is 6.42 Å². The predicted octanol–water partition coefficient (Wildman–Crippen LogP) is 3.77. The third kappa shape index (κ3) is 3.39. The lowest BCUT2D eigenvalue weighted by Gasteiger charge is -2.12. The van der Waals surface area contributed by atoms with Crippen molar-refractivity contribution in [3.8, 4) is 0 Å². The van der Waals surface area contributed by atoms with E-state index in [1.54, 1.807) is 12.1 Å². The number of aromatic nitrogens is 2. The standard InChI is InChI=1S/C14H19ClN2O2/c1-3-11(4-2)17-8-7-10(16-17)9-12(18)13-5-6-14(15)19-13/h5-8,11-12,18H,3-4,9H2,1-2H3. The maximum absolute atomic E-state index is 10.0. The zero-order chi connectivity index (χ0) is 13.8. The molecule has 0 radical (unpaired) electrons. The summed E-state index contributed by atoms with van der Waals surface area (Å²) in [5.74, 6) is 0.474. The third-order valence-corrected chi connectivity index (χ3v) is 3.51. The molecular weight excluding hydrogens is 264 g/mol. The molecule has 2 aromatic heterocycles. The van der Waals surface area contributed by atoms with E-state index in [0.29, 0.717) is 18.2 Å². The first-order chi connectivity index (χ1) is 9.13. The van der Waals surface area contributed by atoms with Gasteiger partial charge >= 0.3 is 0 Å². The summed E-state index contributed by atoms with van der Waals surface area (Å²) in [6.45, 7) is 4.30. The van der Waals surface area contributed by atoms with Crippen molar-refractivity contribution >= 4 is 11.6 Å². The van der Waals surface area contributed by atoms with Gasteiger partial charge in [-0.2, -0.15) is 5.10 Å². The smallest absolute Gasteiger partial charge is 0.193 e. The second-order valence-corrected chi connectivity index (χ2v) is 4.99. The molecule has 2 heterocycles. The Morgan fingerprint density at radius 3 is 2.63 bits per heavy atom. The van der Waals surface area contributed by atoms with Gasteiger partial charge in [-0.05, 0) is 42.6 Å². The van der Waals surface area contributed by atoms with Crippen LogP contribution in [0.2, 0.25) is 5.22 Å². The summed E-state index contributed by atoms with van der Waals surface area (Å²) in [6, 6.07) is 5.67. The molecule has 0 fully saturated rings. The Hall–Kier alpha value is -1.26. The van der Waals surface area contributed by atoms with Crippen molar-refractivity contribution in [1.82, 2.24) is 9.78 Å². The van der Waals surface area contributed by atoms with E-state index in [9.17, 15) is 5.11 Å². The summed E-state index contributed by atoms with van der Waals surface area (Å²) < 4.78 is 7.16. The van der Waals surface area contributed by atoms with Gasteiger partial charge in [-0.25, -0.2) is 0 Å². The molecular formula is C14H19ClN2O2. The molecule has 0 amide bonds. The number of nitrogens with zero attached hydrogens (tertiary/aromatic N) is 2. The van der Waals surface area contributed by atoms with Gasteiger partial charge < -0.3 is 9.52 Å². The Balaban J connectivity index is 2.03. The van der Waals surface area contributed by atoms with Crippen LogP contribution in [-0.4, -0.2) is 14.9 Å². The van der Waals surface area contributed by atoms with Crippen molar-refractivity contribution in [2.24, 2.45) is 0 Å². The molecule has 0 spiro atoms. The molecule has 4 nitrogen and oxygen atoms in total. The molecule has 0 saturated heterocycles. The first kappa shape index (κ1) is 14.2. The van der Waals surface area contributed by atoms with Crippen LogP contribution in [0.15, 0.2) is 28.8 Å². The van der Waals surface area contributed by atoms with Crippen molar-refractivity contribution in [3.05, 3.63) is 41.1 Å². The van der Waals surface area contributed by atoms with Crippen LogP contribution in [0, 0.1) is 0 Å². The van der Waals surface area contributed by atoms with Gasteiger partial charge in [0.25, 0.3) is 0 Å². The Morgan fingerprint density at radius 1 is 1.32 bits per heavy atom. The van der Waals surface area contributed by atoms with Gasteiger partial charge in [0.05, 0.1) is 11.7 Å². The Morgan fingerprint density at radius 2 is 2.05 bits per heavy atom. The number of hydrogen-bond acceptors (Lipinski definition) is 3. The first-order valence-electron chi connectivity index (χ1n) is 6.61. The van der Waals surface area contributed by atoms with E-state index in [0.717, 1.165) is 18.5 Å². The van der Waals surface area contributed by atoms with Gasteiger partial charge in [-0.15, -0.1) is 0 Å². The number of furan rings is 1. The van der Waals surface area contributed by atoms with E-state index in [1.807, 2.05) is 16.9 Å². The molecule has 1 N–H and O–H groups in total. The summed E-state index contributed by atoms with van der Waals surface area (Å²) in [6.07, 6.45) is 3.78. The van der Waals surface area contributed by atoms with Crippen LogP contribution in [0.4, 0.5) is 0 Å². The molecule has 0 aliphatic heterocycles. The third-order valence-electron chi connectivity index (χ3n) is 3.31. The molecule has 19 heavy (non-hydrogen) atoms.